The fraction of sp³-hybridized carbons (Fsp3) is 0.556. The van der Waals surface area contributed by atoms with E-state index in [1.165, 1.54) is 12.8 Å². The van der Waals surface area contributed by atoms with Gasteiger partial charge in [-0.15, -0.1) is 0 Å². The highest BCUT2D eigenvalue weighted by Crippen LogP contribution is 2.18. The van der Waals surface area contributed by atoms with E-state index in [0.29, 0.717) is 0 Å². The van der Waals surface area contributed by atoms with Gasteiger partial charge in [-0.2, -0.15) is 10.2 Å². The van der Waals surface area contributed by atoms with Crippen LogP contribution in [0, 0.1) is 6.92 Å². The standard InChI is InChI=1S/C9H13N3/c1-7-2-3-9(12-11-7)6-10-8-4-5-8/h2-3,8,10H,4-6H2,1H3. The highest BCUT2D eigenvalue weighted by atomic mass is 15.1. The first-order chi connectivity index (χ1) is 5.84. The van der Waals surface area contributed by atoms with Crippen LogP contribution in [-0.4, -0.2) is 16.2 Å². The van der Waals surface area contributed by atoms with Crippen molar-refractivity contribution in [3.63, 3.8) is 0 Å². The van der Waals surface area contributed by atoms with E-state index in [2.05, 4.69) is 15.5 Å². The van der Waals surface area contributed by atoms with Crippen molar-refractivity contribution in [2.75, 3.05) is 0 Å². The minimum absolute atomic E-state index is 0.744. The first-order valence-corrected chi connectivity index (χ1v) is 4.37. The zero-order valence-corrected chi connectivity index (χ0v) is 7.25. The summed E-state index contributed by atoms with van der Waals surface area (Å²) in [6.07, 6.45) is 2.64. The van der Waals surface area contributed by atoms with Gasteiger partial charge in [0.2, 0.25) is 0 Å². The Kier molecular flexibility index (Phi) is 2.04. The van der Waals surface area contributed by atoms with E-state index >= 15 is 0 Å². The summed E-state index contributed by atoms with van der Waals surface area (Å²) in [7, 11) is 0. The van der Waals surface area contributed by atoms with Crippen molar-refractivity contribution in [2.45, 2.75) is 32.4 Å². The summed E-state index contributed by atoms with van der Waals surface area (Å²) in [4.78, 5) is 0. The molecule has 1 saturated carbocycles. The van der Waals surface area contributed by atoms with Crippen LogP contribution in [0.4, 0.5) is 0 Å². The molecule has 2 rings (SSSR count). The SMILES string of the molecule is Cc1ccc(CNC2CC2)nn1. The van der Waals surface area contributed by atoms with E-state index in [-0.39, 0.29) is 0 Å². The highest BCUT2D eigenvalue weighted by molar-refractivity contribution is 5.05. The Hall–Kier alpha value is -0.960. The zero-order chi connectivity index (χ0) is 8.39. The van der Waals surface area contributed by atoms with Gasteiger partial charge in [0.25, 0.3) is 0 Å². The van der Waals surface area contributed by atoms with Crippen LogP contribution >= 0.6 is 0 Å². The van der Waals surface area contributed by atoms with Crippen LogP contribution in [0.15, 0.2) is 12.1 Å². The van der Waals surface area contributed by atoms with Crippen LogP contribution < -0.4 is 5.32 Å². The van der Waals surface area contributed by atoms with Crippen LogP contribution in [0.5, 0.6) is 0 Å². The molecule has 1 aliphatic carbocycles. The molecule has 1 aromatic heterocycles. The monoisotopic (exact) mass is 163 g/mol. The molecule has 0 spiro atoms. The maximum Gasteiger partial charge on any atom is 0.0769 e. The molecule has 0 atom stereocenters. The third kappa shape index (κ3) is 2.01. The summed E-state index contributed by atoms with van der Waals surface area (Å²) in [5, 5.41) is 11.4. The third-order valence-corrected chi connectivity index (χ3v) is 2.00. The Morgan fingerprint density at radius 3 is 2.83 bits per heavy atom. The van der Waals surface area contributed by atoms with Crippen LogP contribution in [0.2, 0.25) is 0 Å². The number of hydrogen-bond donors (Lipinski definition) is 1. The Balaban J connectivity index is 1.89. The van der Waals surface area contributed by atoms with Crippen molar-refractivity contribution < 1.29 is 0 Å². The van der Waals surface area contributed by atoms with Crippen LogP contribution in [0.3, 0.4) is 0 Å². The molecule has 0 unspecified atom stereocenters. The van der Waals surface area contributed by atoms with Crippen molar-refractivity contribution in [2.24, 2.45) is 0 Å². The molecule has 3 heteroatoms. The second-order valence-electron chi connectivity index (χ2n) is 3.32. The summed E-state index contributed by atoms with van der Waals surface area (Å²) in [6.45, 7) is 2.81. The quantitative estimate of drug-likeness (QED) is 0.723. The van der Waals surface area contributed by atoms with E-state index < -0.39 is 0 Å². The topological polar surface area (TPSA) is 37.8 Å². The maximum atomic E-state index is 4.07. The predicted molar refractivity (Wildman–Crippen MR) is 46.6 cm³/mol. The van der Waals surface area contributed by atoms with Gasteiger partial charge in [-0.1, -0.05) is 0 Å². The van der Waals surface area contributed by atoms with E-state index in [4.69, 9.17) is 0 Å². The summed E-state index contributed by atoms with van der Waals surface area (Å²) >= 11 is 0. The number of nitrogens with zero attached hydrogens (tertiary/aromatic N) is 2. The van der Waals surface area contributed by atoms with Crippen molar-refractivity contribution in [3.8, 4) is 0 Å². The molecule has 3 nitrogen and oxygen atoms in total. The normalized spacial score (nSPS) is 16.4. The van der Waals surface area contributed by atoms with Crippen molar-refractivity contribution in [1.29, 1.82) is 0 Å². The van der Waals surface area contributed by atoms with Gasteiger partial charge < -0.3 is 5.32 Å². The van der Waals surface area contributed by atoms with Gasteiger partial charge in [0, 0.05) is 12.6 Å². The molecule has 1 fully saturated rings. The molecule has 64 valence electrons. The number of hydrogen-bond acceptors (Lipinski definition) is 3. The molecular formula is C9H13N3. The van der Waals surface area contributed by atoms with Crippen LogP contribution in [0.25, 0.3) is 0 Å². The number of aromatic nitrogens is 2. The lowest BCUT2D eigenvalue weighted by Crippen LogP contribution is -2.16. The maximum absolute atomic E-state index is 4.07. The van der Waals surface area contributed by atoms with Crippen molar-refractivity contribution >= 4 is 0 Å². The number of rotatable bonds is 3. The van der Waals surface area contributed by atoms with E-state index in [1.54, 1.807) is 0 Å². The lowest BCUT2D eigenvalue weighted by atomic mass is 10.3. The summed E-state index contributed by atoms with van der Waals surface area (Å²) in [5.41, 5.74) is 2.01. The van der Waals surface area contributed by atoms with E-state index in [1.807, 2.05) is 19.1 Å². The summed E-state index contributed by atoms with van der Waals surface area (Å²) in [5.74, 6) is 0. The lowest BCUT2D eigenvalue weighted by molar-refractivity contribution is 0.664. The molecule has 1 N–H and O–H groups in total. The van der Waals surface area contributed by atoms with Crippen LogP contribution in [-0.2, 0) is 6.54 Å². The second kappa shape index (κ2) is 3.19. The molecule has 1 heterocycles. The number of nitrogens with one attached hydrogen (secondary N) is 1. The van der Waals surface area contributed by atoms with Gasteiger partial charge in [-0.25, -0.2) is 0 Å². The smallest absolute Gasteiger partial charge is 0.0769 e. The molecule has 0 aliphatic heterocycles. The van der Waals surface area contributed by atoms with E-state index in [0.717, 1.165) is 24.0 Å². The first-order valence-electron chi connectivity index (χ1n) is 4.37. The van der Waals surface area contributed by atoms with Gasteiger partial charge in [0.1, 0.15) is 0 Å². The van der Waals surface area contributed by atoms with Gasteiger partial charge >= 0.3 is 0 Å². The minimum Gasteiger partial charge on any atom is -0.308 e. The second-order valence-corrected chi connectivity index (χ2v) is 3.32. The molecule has 0 aromatic carbocycles. The molecule has 12 heavy (non-hydrogen) atoms. The molecule has 0 bridgehead atoms. The Morgan fingerprint density at radius 2 is 2.25 bits per heavy atom. The first kappa shape index (κ1) is 7.68. The summed E-state index contributed by atoms with van der Waals surface area (Å²) in [6, 6.07) is 4.77. The summed E-state index contributed by atoms with van der Waals surface area (Å²) < 4.78 is 0. The van der Waals surface area contributed by atoms with Crippen LogP contribution in [0.1, 0.15) is 24.2 Å². The minimum atomic E-state index is 0.744. The van der Waals surface area contributed by atoms with Gasteiger partial charge in [-0.05, 0) is 31.9 Å². The zero-order valence-electron chi connectivity index (χ0n) is 7.25. The Labute approximate surface area is 72.2 Å². The fourth-order valence-corrected chi connectivity index (χ4v) is 1.06. The molecular weight excluding hydrogens is 150 g/mol. The average molecular weight is 163 g/mol. The number of aryl methyl sites for hydroxylation is 1. The molecule has 1 aromatic rings. The molecule has 0 radical (unpaired) electrons. The van der Waals surface area contributed by atoms with Crippen molar-refractivity contribution in [3.05, 3.63) is 23.5 Å². The van der Waals surface area contributed by atoms with Crippen molar-refractivity contribution in [1.82, 2.24) is 15.5 Å². The predicted octanol–water partition coefficient (Wildman–Crippen LogP) is 1.04. The third-order valence-electron chi connectivity index (χ3n) is 2.00. The Bertz CT molecular complexity index is 251. The molecule has 0 saturated heterocycles. The molecule has 1 aliphatic rings. The van der Waals surface area contributed by atoms with Gasteiger partial charge in [0.05, 0.1) is 11.4 Å². The highest BCUT2D eigenvalue weighted by Gasteiger charge is 2.19. The van der Waals surface area contributed by atoms with E-state index in [9.17, 15) is 0 Å². The Morgan fingerprint density at radius 1 is 1.42 bits per heavy atom. The molecule has 0 amide bonds. The fourth-order valence-electron chi connectivity index (χ4n) is 1.06. The largest absolute Gasteiger partial charge is 0.308 e. The average Bonchev–Trinajstić information content (AvgIpc) is 2.87. The lowest BCUT2D eigenvalue weighted by Gasteiger charge is -2.00. The van der Waals surface area contributed by atoms with Gasteiger partial charge in [0.15, 0.2) is 0 Å². The van der Waals surface area contributed by atoms with Gasteiger partial charge in [-0.3, -0.25) is 0 Å².